The van der Waals surface area contributed by atoms with Crippen molar-refractivity contribution in [1.29, 1.82) is 0 Å². The lowest BCUT2D eigenvalue weighted by atomic mass is 10.1. The molecule has 29 heavy (non-hydrogen) atoms. The number of aryl methyl sites for hydroxylation is 1. The largest absolute Gasteiger partial charge is 0.489 e. The molecule has 152 valence electrons. The van der Waals surface area contributed by atoms with Gasteiger partial charge in [-0.3, -0.25) is 9.48 Å². The van der Waals surface area contributed by atoms with Crippen molar-refractivity contribution in [1.82, 2.24) is 25.3 Å². The van der Waals surface area contributed by atoms with Crippen molar-refractivity contribution >= 4 is 28.9 Å². The lowest BCUT2D eigenvalue weighted by molar-refractivity contribution is 0.0958. The molecule has 8 nitrogen and oxygen atoms in total. The van der Waals surface area contributed by atoms with E-state index in [0.29, 0.717) is 17.1 Å². The molecule has 2 heterocycles. The first-order chi connectivity index (χ1) is 13.9. The fraction of sp³-hybridized carbons (Fsp3) is 0.300. The number of hydrogen-bond acceptors (Lipinski definition) is 6. The van der Waals surface area contributed by atoms with E-state index in [-0.39, 0.29) is 22.9 Å². The lowest BCUT2D eigenvalue weighted by Gasteiger charge is -2.17. The highest BCUT2D eigenvalue weighted by Gasteiger charge is 2.17. The smallest absolute Gasteiger partial charge is 0.273 e. The van der Waals surface area contributed by atoms with Gasteiger partial charge in [0.25, 0.3) is 5.91 Å². The number of carbonyl (C=O) groups excluding carboxylic acids is 1. The van der Waals surface area contributed by atoms with Gasteiger partial charge in [-0.25, -0.2) is 0 Å². The predicted octanol–water partition coefficient (Wildman–Crippen LogP) is 3.90. The summed E-state index contributed by atoms with van der Waals surface area (Å²) in [5, 5.41) is 17.9. The summed E-state index contributed by atoms with van der Waals surface area (Å²) < 4.78 is 7.88. The summed E-state index contributed by atoms with van der Waals surface area (Å²) in [5.41, 5.74) is 3.22. The molecule has 9 heteroatoms. The Morgan fingerprint density at radius 3 is 2.66 bits per heavy atom. The Bertz CT molecular complexity index is 1020. The highest BCUT2D eigenvalue weighted by molar-refractivity contribution is 6.29. The summed E-state index contributed by atoms with van der Waals surface area (Å²) >= 11 is 5.99. The number of carbonyl (C=O) groups is 1. The Labute approximate surface area is 174 Å². The maximum absolute atomic E-state index is 12.1. The molecule has 2 aromatic heterocycles. The molecular formula is C20H23ClN6O2. The Morgan fingerprint density at radius 2 is 2.00 bits per heavy atom. The van der Waals surface area contributed by atoms with Gasteiger partial charge in [-0.05, 0) is 38.5 Å². The zero-order valence-electron chi connectivity index (χ0n) is 16.7. The number of ether oxygens (including phenoxy) is 1. The number of nitrogens with zero attached hydrogens (tertiary/aromatic N) is 4. The number of aromatic nitrogens is 4. The van der Waals surface area contributed by atoms with Crippen LogP contribution in [-0.2, 0) is 6.54 Å². The summed E-state index contributed by atoms with van der Waals surface area (Å²) in [6, 6.07) is 7.34. The highest BCUT2D eigenvalue weighted by atomic mass is 35.5. The van der Waals surface area contributed by atoms with Gasteiger partial charge in [0.2, 0.25) is 0 Å². The second-order valence-corrected chi connectivity index (χ2v) is 6.98. The van der Waals surface area contributed by atoms with Crippen molar-refractivity contribution in [3.05, 3.63) is 47.5 Å². The summed E-state index contributed by atoms with van der Waals surface area (Å²) in [4.78, 5) is 12.1. The van der Waals surface area contributed by atoms with E-state index in [1.807, 2.05) is 56.0 Å². The monoisotopic (exact) mass is 414 g/mol. The van der Waals surface area contributed by atoms with Crippen molar-refractivity contribution < 1.29 is 9.53 Å². The van der Waals surface area contributed by atoms with E-state index in [0.717, 1.165) is 17.7 Å². The fourth-order valence-corrected chi connectivity index (χ4v) is 2.88. The number of amides is 1. The molecule has 0 aliphatic heterocycles. The van der Waals surface area contributed by atoms with E-state index < -0.39 is 0 Å². The van der Waals surface area contributed by atoms with E-state index in [2.05, 4.69) is 25.9 Å². The Kier molecular flexibility index (Phi) is 6.33. The number of hydrogen-bond donors (Lipinski definition) is 2. The quantitative estimate of drug-likeness (QED) is 0.608. The third kappa shape index (κ3) is 4.83. The summed E-state index contributed by atoms with van der Waals surface area (Å²) in [5.74, 6) is 0.268. The standard InChI is InChI=1S/C20H23ClN6O2/c1-5-27-11-14(10-23-27)13-6-7-15(17(8-13)29-12(2)3)24-16-9-18(21)25-26-19(16)20(28)22-4/h6-12H,5H2,1-4H3,(H,22,28)(H,24,25). The zero-order chi connectivity index (χ0) is 21.0. The molecule has 0 unspecified atom stereocenters. The van der Waals surface area contributed by atoms with E-state index in [9.17, 15) is 4.79 Å². The molecule has 0 saturated heterocycles. The van der Waals surface area contributed by atoms with Crippen LogP contribution < -0.4 is 15.4 Å². The minimum Gasteiger partial charge on any atom is -0.489 e. The van der Waals surface area contributed by atoms with Gasteiger partial charge in [-0.2, -0.15) is 5.10 Å². The average molecular weight is 415 g/mol. The van der Waals surface area contributed by atoms with Crippen LogP contribution in [0.15, 0.2) is 36.7 Å². The summed E-state index contributed by atoms with van der Waals surface area (Å²) in [6.45, 7) is 6.74. The number of halogens is 1. The minimum absolute atomic E-state index is 0.0401. The van der Waals surface area contributed by atoms with Crippen LogP contribution in [0.3, 0.4) is 0 Å². The molecule has 0 spiro atoms. The summed E-state index contributed by atoms with van der Waals surface area (Å²) in [7, 11) is 1.53. The second kappa shape index (κ2) is 8.91. The van der Waals surface area contributed by atoms with Gasteiger partial charge in [0.05, 0.1) is 23.7 Å². The molecule has 0 saturated carbocycles. The van der Waals surface area contributed by atoms with Gasteiger partial charge < -0.3 is 15.4 Å². The Morgan fingerprint density at radius 1 is 1.21 bits per heavy atom. The van der Waals surface area contributed by atoms with Gasteiger partial charge in [-0.1, -0.05) is 17.7 Å². The van der Waals surface area contributed by atoms with Gasteiger partial charge in [-0.15, -0.1) is 10.2 Å². The third-order valence-electron chi connectivity index (χ3n) is 4.11. The molecule has 0 atom stereocenters. The van der Waals surface area contributed by atoms with Crippen molar-refractivity contribution in [2.24, 2.45) is 0 Å². The molecule has 1 amide bonds. The van der Waals surface area contributed by atoms with E-state index in [4.69, 9.17) is 16.3 Å². The molecule has 3 aromatic rings. The van der Waals surface area contributed by atoms with Gasteiger partial charge in [0, 0.05) is 31.4 Å². The van der Waals surface area contributed by atoms with E-state index >= 15 is 0 Å². The van der Waals surface area contributed by atoms with Crippen LogP contribution in [0.2, 0.25) is 5.15 Å². The fourth-order valence-electron chi connectivity index (χ4n) is 2.74. The van der Waals surface area contributed by atoms with Crippen molar-refractivity contribution in [3.8, 4) is 16.9 Å². The van der Waals surface area contributed by atoms with Crippen LogP contribution in [0.4, 0.5) is 11.4 Å². The van der Waals surface area contributed by atoms with Crippen LogP contribution in [0.25, 0.3) is 11.1 Å². The number of nitrogens with one attached hydrogen (secondary N) is 2. The molecular weight excluding hydrogens is 392 g/mol. The highest BCUT2D eigenvalue weighted by Crippen LogP contribution is 2.34. The van der Waals surface area contributed by atoms with Crippen molar-refractivity contribution in [2.45, 2.75) is 33.4 Å². The molecule has 3 rings (SSSR count). The van der Waals surface area contributed by atoms with Crippen LogP contribution in [0.1, 0.15) is 31.3 Å². The topological polar surface area (TPSA) is 94.0 Å². The molecule has 2 N–H and O–H groups in total. The molecule has 0 aliphatic carbocycles. The first-order valence-corrected chi connectivity index (χ1v) is 9.65. The van der Waals surface area contributed by atoms with E-state index in [1.165, 1.54) is 7.05 Å². The molecule has 0 radical (unpaired) electrons. The van der Waals surface area contributed by atoms with Gasteiger partial charge in [0.1, 0.15) is 5.75 Å². The van der Waals surface area contributed by atoms with Gasteiger partial charge >= 0.3 is 0 Å². The average Bonchev–Trinajstić information content (AvgIpc) is 3.18. The van der Waals surface area contributed by atoms with Crippen LogP contribution in [0, 0.1) is 0 Å². The van der Waals surface area contributed by atoms with Crippen LogP contribution in [-0.4, -0.2) is 39.0 Å². The number of benzene rings is 1. The predicted molar refractivity (Wildman–Crippen MR) is 113 cm³/mol. The second-order valence-electron chi connectivity index (χ2n) is 6.60. The molecule has 1 aromatic carbocycles. The summed E-state index contributed by atoms with van der Waals surface area (Å²) in [6.07, 6.45) is 3.76. The zero-order valence-corrected chi connectivity index (χ0v) is 17.5. The van der Waals surface area contributed by atoms with Crippen molar-refractivity contribution in [3.63, 3.8) is 0 Å². The first kappa shape index (κ1) is 20.6. The number of anilines is 2. The molecule has 0 fully saturated rings. The van der Waals surface area contributed by atoms with Crippen LogP contribution >= 0.6 is 11.6 Å². The Hall–Kier alpha value is -3.13. The number of rotatable bonds is 7. The first-order valence-electron chi connectivity index (χ1n) is 9.27. The normalized spacial score (nSPS) is 10.8. The SMILES string of the molecule is CCn1cc(-c2ccc(Nc3cc(Cl)nnc3C(=O)NC)c(OC(C)C)c2)cn1. The van der Waals surface area contributed by atoms with E-state index in [1.54, 1.807) is 6.07 Å². The third-order valence-corrected chi connectivity index (χ3v) is 4.30. The molecule has 0 bridgehead atoms. The molecule has 0 aliphatic rings. The van der Waals surface area contributed by atoms with Gasteiger partial charge in [0.15, 0.2) is 10.8 Å². The maximum Gasteiger partial charge on any atom is 0.273 e. The lowest BCUT2D eigenvalue weighted by Crippen LogP contribution is -2.21. The minimum atomic E-state index is -0.369. The maximum atomic E-state index is 12.1. The van der Waals surface area contributed by atoms with Crippen molar-refractivity contribution in [2.75, 3.05) is 12.4 Å². The van der Waals surface area contributed by atoms with Crippen LogP contribution in [0.5, 0.6) is 5.75 Å². The Balaban J connectivity index is 2.01.